The van der Waals surface area contributed by atoms with Gasteiger partial charge in [0.1, 0.15) is 23.8 Å². The summed E-state index contributed by atoms with van der Waals surface area (Å²) in [6.45, 7) is 0.793. The summed E-state index contributed by atoms with van der Waals surface area (Å²) in [5, 5.41) is 4.90. The zero-order chi connectivity index (χ0) is 14.8. The van der Waals surface area contributed by atoms with Crippen LogP contribution in [0.25, 0.3) is 11.3 Å². The molecule has 0 spiro atoms. The van der Waals surface area contributed by atoms with E-state index in [0.29, 0.717) is 32.7 Å². The highest BCUT2D eigenvalue weighted by Crippen LogP contribution is 2.39. The molecular formula is C12H8Cl2N2O3S2. The number of aromatic nitrogens is 1. The lowest BCUT2D eigenvalue weighted by Gasteiger charge is -2.14. The van der Waals surface area contributed by atoms with E-state index >= 15 is 0 Å². The third-order valence-electron chi connectivity index (χ3n) is 2.53. The summed E-state index contributed by atoms with van der Waals surface area (Å²) in [6, 6.07) is 1.75. The Kier molecular flexibility index (Phi) is 4.34. The van der Waals surface area contributed by atoms with Crippen LogP contribution in [0.5, 0.6) is 0 Å². The van der Waals surface area contributed by atoms with E-state index in [1.807, 2.05) is 0 Å². The van der Waals surface area contributed by atoms with Gasteiger partial charge in [-0.25, -0.2) is 4.98 Å². The van der Waals surface area contributed by atoms with Gasteiger partial charge in [0.25, 0.3) is 5.91 Å². The first kappa shape index (κ1) is 14.6. The molecule has 21 heavy (non-hydrogen) atoms. The van der Waals surface area contributed by atoms with Gasteiger partial charge in [0.2, 0.25) is 5.76 Å². The minimum atomic E-state index is -0.398. The summed E-state index contributed by atoms with van der Waals surface area (Å²) in [5.74, 6) is -0.264. The third-order valence-corrected chi connectivity index (χ3v) is 4.78. The standard InChI is InChI=1S/C12H8Cl2N2O3S2/c13-9-3-6(10(14)21-9)7-5-20-12(15-7)16-11(17)8-4-18-1-2-19-8/h3-5H,1-2H2,(H,15,16,17). The van der Waals surface area contributed by atoms with Crippen LogP contribution in [0.4, 0.5) is 5.13 Å². The SMILES string of the molecule is O=C(Nc1nc(-c2cc(Cl)sc2Cl)cs1)C1=COCCO1. The molecule has 0 atom stereocenters. The molecule has 1 aliphatic heterocycles. The number of anilines is 1. The topological polar surface area (TPSA) is 60.5 Å². The fourth-order valence-electron chi connectivity index (χ4n) is 1.62. The molecule has 2 aromatic heterocycles. The summed E-state index contributed by atoms with van der Waals surface area (Å²) in [6.07, 6.45) is 1.29. The maximum Gasteiger partial charge on any atom is 0.295 e. The van der Waals surface area contributed by atoms with Gasteiger partial charge in [-0.1, -0.05) is 23.2 Å². The lowest BCUT2D eigenvalue weighted by molar-refractivity contribution is -0.117. The van der Waals surface area contributed by atoms with Crippen LogP contribution >= 0.6 is 45.9 Å². The Morgan fingerprint density at radius 2 is 2.24 bits per heavy atom. The van der Waals surface area contributed by atoms with E-state index < -0.39 is 5.91 Å². The number of thiophene rings is 1. The molecule has 9 heteroatoms. The van der Waals surface area contributed by atoms with Crippen molar-refractivity contribution >= 4 is 56.9 Å². The summed E-state index contributed by atoms with van der Waals surface area (Å²) in [4.78, 5) is 16.2. The van der Waals surface area contributed by atoms with Gasteiger partial charge < -0.3 is 9.47 Å². The zero-order valence-corrected chi connectivity index (χ0v) is 13.5. The molecule has 0 aromatic carbocycles. The van der Waals surface area contributed by atoms with Gasteiger partial charge in [0.15, 0.2) is 5.13 Å². The second-order valence-electron chi connectivity index (χ2n) is 3.93. The fourth-order valence-corrected chi connectivity index (χ4v) is 3.80. The predicted molar refractivity (Wildman–Crippen MR) is 84.1 cm³/mol. The van der Waals surface area contributed by atoms with Crippen LogP contribution in [0.3, 0.4) is 0 Å². The van der Waals surface area contributed by atoms with E-state index in [0.717, 1.165) is 5.56 Å². The van der Waals surface area contributed by atoms with E-state index in [4.69, 9.17) is 32.7 Å². The molecule has 0 aliphatic carbocycles. The van der Waals surface area contributed by atoms with Crippen molar-refractivity contribution < 1.29 is 14.3 Å². The van der Waals surface area contributed by atoms with Crippen LogP contribution in [0.2, 0.25) is 8.67 Å². The molecule has 0 bridgehead atoms. The fraction of sp³-hybridized carbons (Fsp3) is 0.167. The molecule has 3 heterocycles. The molecule has 1 amide bonds. The number of ether oxygens (including phenoxy) is 2. The number of halogens is 2. The van der Waals surface area contributed by atoms with E-state index in [-0.39, 0.29) is 5.76 Å². The number of nitrogens with zero attached hydrogens (tertiary/aromatic N) is 1. The van der Waals surface area contributed by atoms with Crippen LogP contribution in [0.1, 0.15) is 0 Å². The first-order chi connectivity index (χ1) is 10.1. The molecule has 2 aromatic rings. The van der Waals surface area contributed by atoms with Gasteiger partial charge in [0, 0.05) is 10.9 Å². The van der Waals surface area contributed by atoms with Gasteiger partial charge in [-0.3, -0.25) is 10.1 Å². The summed E-state index contributed by atoms with van der Waals surface area (Å²) in [7, 11) is 0. The van der Waals surface area contributed by atoms with Crippen molar-refractivity contribution in [2.75, 3.05) is 18.5 Å². The number of amides is 1. The van der Waals surface area contributed by atoms with Crippen LogP contribution in [0, 0.1) is 0 Å². The van der Waals surface area contributed by atoms with Crippen LogP contribution in [-0.2, 0) is 14.3 Å². The summed E-state index contributed by atoms with van der Waals surface area (Å²) < 4.78 is 11.4. The largest absolute Gasteiger partial charge is 0.494 e. The molecule has 0 fully saturated rings. The lowest BCUT2D eigenvalue weighted by Crippen LogP contribution is -2.21. The van der Waals surface area contributed by atoms with Crippen molar-refractivity contribution in [1.82, 2.24) is 4.98 Å². The Labute approximate surface area is 138 Å². The number of hydrogen-bond acceptors (Lipinski definition) is 6. The van der Waals surface area contributed by atoms with Crippen molar-refractivity contribution in [2.24, 2.45) is 0 Å². The minimum absolute atomic E-state index is 0.134. The number of hydrogen-bond donors (Lipinski definition) is 1. The first-order valence-electron chi connectivity index (χ1n) is 5.80. The van der Waals surface area contributed by atoms with Gasteiger partial charge in [0.05, 0.1) is 10.0 Å². The Hall–Kier alpha value is -1.28. The van der Waals surface area contributed by atoms with Crippen molar-refractivity contribution in [1.29, 1.82) is 0 Å². The molecule has 5 nitrogen and oxygen atoms in total. The van der Waals surface area contributed by atoms with Gasteiger partial charge in [-0.2, -0.15) is 0 Å². The smallest absolute Gasteiger partial charge is 0.295 e. The number of carbonyl (C=O) groups excluding carboxylic acids is 1. The van der Waals surface area contributed by atoms with Crippen LogP contribution in [-0.4, -0.2) is 24.1 Å². The Morgan fingerprint density at radius 1 is 1.38 bits per heavy atom. The van der Waals surface area contributed by atoms with Gasteiger partial charge in [-0.05, 0) is 6.07 Å². The number of nitrogens with one attached hydrogen (secondary N) is 1. The molecule has 0 saturated carbocycles. The van der Waals surface area contributed by atoms with E-state index in [1.54, 1.807) is 11.4 Å². The minimum Gasteiger partial charge on any atom is -0.494 e. The van der Waals surface area contributed by atoms with E-state index in [9.17, 15) is 4.79 Å². The molecule has 0 saturated heterocycles. The maximum absolute atomic E-state index is 11.9. The lowest BCUT2D eigenvalue weighted by atomic mass is 10.3. The van der Waals surface area contributed by atoms with Crippen LogP contribution in [0.15, 0.2) is 23.5 Å². The maximum atomic E-state index is 11.9. The molecule has 0 radical (unpaired) electrons. The molecule has 110 valence electrons. The molecule has 0 unspecified atom stereocenters. The molecule has 3 rings (SSSR count). The highest BCUT2D eigenvalue weighted by molar-refractivity contribution is 7.20. The zero-order valence-electron chi connectivity index (χ0n) is 10.4. The molecule has 1 N–H and O–H groups in total. The van der Waals surface area contributed by atoms with E-state index in [1.165, 1.54) is 28.9 Å². The highest BCUT2D eigenvalue weighted by atomic mass is 35.5. The molecule has 1 aliphatic rings. The summed E-state index contributed by atoms with van der Waals surface area (Å²) in [5.41, 5.74) is 1.41. The second kappa shape index (κ2) is 6.23. The Balaban J connectivity index is 1.75. The first-order valence-corrected chi connectivity index (χ1v) is 8.25. The Bertz CT molecular complexity index is 711. The van der Waals surface area contributed by atoms with Gasteiger partial charge in [-0.15, -0.1) is 22.7 Å². The third kappa shape index (κ3) is 3.32. The number of rotatable bonds is 3. The van der Waals surface area contributed by atoms with E-state index in [2.05, 4.69) is 10.3 Å². The molecular weight excluding hydrogens is 355 g/mol. The predicted octanol–water partition coefficient (Wildman–Crippen LogP) is 4.01. The van der Waals surface area contributed by atoms with Crippen LogP contribution < -0.4 is 5.32 Å². The van der Waals surface area contributed by atoms with Gasteiger partial charge >= 0.3 is 0 Å². The normalized spacial score (nSPS) is 14.1. The second-order valence-corrected chi connectivity index (χ2v) is 7.07. The van der Waals surface area contributed by atoms with Crippen molar-refractivity contribution in [3.63, 3.8) is 0 Å². The number of carbonyl (C=O) groups is 1. The Morgan fingerprint density at radius 3 is 2.90 bits per heavy atom. The van der Waals surface area contributed by atoms with Crippen molar-refractivity contribution in [3.8, 4) is 11.3 Å². The summed E-state index contributed by atoms with van der Waals surface area (Å²) >= 11 is 14.6. The van der Waals surface area contributed by atoms with Crippen molar-refractivity contribution in [2.45, 2.75) is 0 Å². The number of thiazole rings is 1. The average molecular weight is 363 g/mol. The quantitative estimate of drug-likeness (QED) is 0.895. The highest BCUT2D eigenvalue weighted by Gasteiger charge is 2.18. The van der Waals surface area contributed by atoms with Crippen molar-refractivity contribution in [3.05, 3.63) is 32.1 Å². The average Bonchev–Trinajstić information content (AvgIpc) is 3.06. The monoisotopic (exact) mass is 362 g/mol.